The number of nitro groups is 1. The van der Waals surface area contributed by atoms with E-state index in [1.165, 1.54) is 18.9 Å². The summed E-state index contributed by atoms with van der Waals surface area (Å²) in [4.78, 5) is 11.3. The Hall–Kier alpha value is -3.08. The molecule has 0 N–H and O–H groups in total. The molecule has 186 valence electrons. The van der Waals surface area contributed by atoms with Gasteiger partial charge in [0, 0.05) is 15.6 Å². The third-order valence-electron chi connectivity index (χ3n) is 5.29. The molecule has 0 amide bonds. The first-order chi connectivity index (χ1) is 17.4. The predicted octanol–water partition coefficient (Wildman–Crippen LogP) is 6.69. The third kappa shape index (κ3) is 6.18. The first kappa shape index (κ1) is 26.0. The van der Waals surface area contributed by atoms with E-state index in [-0.39, 0.29) is 11.5 Å². The van der Waals surface area contributed by atoms with Gasteiger partial charge in [0.15, 0.2) is 16.7 Å². The molecule has 36 heavy (non-hydrogen) atoms. The van der Waals surface area contributed by atoms with Crippen LogP contribution < -0.4 is 9.47 Å². The van der Waals surface area contributed by atoms with E-state index in [2.05, 4.69) is 26.1 Å². The first-order valence-electron chi connectivity index (χ1n) is 10.9. The summed E-state index contributed by atoms with van der Waals surface area (Å²) in [6.07, 6.45) is 0. The number of halogens is 2. The van der Waals surface area contributed by atoms with Gasteiger partial charge in [-0.05, 0) is 70.4 Å². The molecule has 0 aliphatic heterocycles. The van der Waals surface area contributed by atoms with Crippen LogP contribution in [0, 0.1) is 17.0 Å². The fraction of sp³-hybridized carbons (Fsp3) is 0.200. The monoisotopic (exact) mass is 588 g/mol. The molecule has 0 spiro atoms. The number of ether oxygens (including phenoxy) is 2. The van der Waals surface area contributed by atoms with Gasteiger partial charge in [0.05, 0.1) is 11.6 Å². The zero-order valence-electron chi connectivity index (χ0n) is 19.4. The van der Waals surface area contributed by atoms with Gasteiger partial charge in [-0.3, -0.25) is 14.7 Å². The lowest BCUT2D eigenvalue weighted by Crippen LogP contribution is -2.12. The van der Waals surface area contributed by atoms with Gasteiger partial charge >= 0.3 is 0 Å². The van der Waals surface area contributed by atoms with Crippen molar-refractivity contribution in [2.45, 2.75) is 23.9 Å². The Kier molecular flexibility index (Phi) is 8.50. The summed E-state index contributed by atoms with van der Waals surface area (Å²) in [6.45, 7) is 1.84. The Balaban J connectivity index is 1.64. The molecular formula is C25H22BrClN4O4S. The van der Waals surface area contributed by atoms with Crippen molar-refractivity contribution in [2.75, 3.05) is 13.7 Å². The summed E-state index contributed by atoms with van der Waals surface area (Å²) >= 11 is 10.8. The maximum Gasteiger partial charge on any atom is 0.220 e. The second-order valence-corrected chi connectivity index (χ2v) is 10.2. The Morgan fingerprint density at radius 1 is 1.14 bits per heavy atom. The standard InChI is InChI=1S/C25H22BrClN4O4S/c1-16-28-29-25(31(16)20-6-4-3-5-7-20)36-23(14-30(32)33)18-12-21(26)24(22(13-18)34-2)35-15-17-8-10-19(27)11-9-17/h3-13,23H,14-15H2,1-2H3/t23-/m1/s1. The Labute approximate surface area is 225 Å². The van der Waals surface area contributed by atoms with Crippen molar-refractivity contribution < 1.29 is 14.4 Å². The van der Waals surface area contributed by atoms with Crippen LogP contribution in [0.2, 0.25) is 5.02 Å². The van der Waals surface area contributed by atoms with Crippen LogP contribution >= 0.6 is 39.3 Å². The van der Waals surface area contributed by atoms with Gasteiger partial charge in [-0.15, -0.1) is 10.2 Å². The van der Waals surface area contributed by atoms with E-state index in [9.17, 15) is 10.1 Å². The fourth-order valence-electron chi connectivity index (χ4n) is 3.57. The van der Waals surface area contributed by atoms with Crippen LogP contribution in [0.5, 0.6) is 11.5 Å². The normalized spacial score (nSPS) is 11.8. The van der Waals surface area contributed by atoms with Gasteiger partial charge in [0.2, 0.25) is 6.54 Å². The number of hydrogen-bond acceptors (Lipinski definition) is 7. The summed E-state index contributed by atoms with van der Waals surface area (Å²) in [6, 6.07) is 20.6. The van der Waals surface area contributed by atoms with E-state index in [1.54, 1.807) is 18.2 Å². The van der Waals surface area contributed by atoms with Crippen LogP contribution in [0.25, 0.3) is 5.69 Å². The molecular weight excluding hydrogens is 568 g/mol. The molecule has 0 aliphatic carbocycles. The second kappa shape index (κ2) is 11.8. The highest BCUT2D eigenvalue weighted by atomic mass is 79.9. The summed E-state index contributed by atoms with van der Waals surface area (Å²) < 4.78 is 14.1. The van der Waals surface area contributed by atoms with Gasteiger partial charge in [0.1, 0.15) is 17.7 Å². The Morgan fingerprint density at radius 2 is 1.86 bits per heavy atom. The number of hydrogen-bond donors (Lipinski definition) is 0. The van der Waals surface area contributed by atoms with E-state index in [0.717, 1.165) is 11.3 Å². The summed E-state index contributed by atoms with van der Waals surface area (Å²) in [5.74, 6) is 1.65. The minimum absolute atomic E-state index is 0.304. The Bertz CT molecular complexity index is 1350. The van der Waals surface area contributed by atoms with Crippen LogP contribution in [0.15, 0.2) is 76.4 Å². The molecule has 4 aromatic rings. The van der Waals surface area contributed by atoms with Crippen molar-refractivity contribution in [2.24, 2.45) is 0 Å². The molecule has 1 atom stereocenters. The molecule has 1 heterocycles. The van der Waals surface area contributed by atoms with Crippen molar-refractivity contribution >= 4 is 39.3 Å². The molecule has 0 saturated carbocycles. The molecule has 0 unspecified atom stereocenters. The number of aryl methyl sites for hydroxylation is 1. The lowest BCUT2D eigenvalue weighted by Gasteiger charge is -2.18. The molecule has 1 aromatic heterocycles. The maximum atomic E-state index is 11.6. The number of para-hydroxylation sites is 1. The summed E-state index contributed by atoms with van der Waals surface area (Å²) in [7, 11) is 1.53. The van der Waals surface area contributed by atoms with E-state index in [0.29, 0.717) is 44.1 Å². The topological polar surface area (TPSA) is 92.3 Å². The molecule has 0 radical (unpaired) electrons. The number of aromatic nitrogens is 3. The third-order valence-corrected chi connectivity index (χ3v) is 7.31. The summed E-state index contributed by atoms with van der Waals surface area (Å²) in [5.41, 5.74) is 2.52. The highest BCUT2D eigenvalue weighted by Gasteiger charge is 2.26. The first-order valence-corrected chi connectivity index (χ1v) is 12.9. The van der Waals surface area contributed by atoms with Gasteiger partial charge in [-0.1, -0.05) is 53.7 Å². The Morgan fingerprint density at radius 3 is 2.53 bits per heavy atom. The highest BCUT2D eigenvalue weighted by molar-refractivity contribution is 9.10. The SMILES string of the molecule is COc1cc([C@@H](C[N+](=O)[O-])Sc2nnc(C)n2-c2ccccc2)cc(Br)c1OCc1ccc(Cl)cc1. The van der Waals surface area contributed by atoms with E-state index < -0.39 is 5.25 Å². The van der Waals surface area contributed by atoms with Gasteiger partial charge in [-0.2, -0.15) is 0 Å². The van der Waals surface area contributed by atoms with Gasteiger partial charge in [-0.25, -0.2) is 0 Å². The molecule has 0 fully saturated rings. The minimum Gasteiger partial charge on any atom is -0.493 e. The highest BCUT2D eigenvalue weighted by Crippen LogP contribution is 2.43. The number of methoxy groups -OCH3 is 1. The van der Waals surface area contributed by atoms with Gasteiger partial charge in [0.25, 0.3) is 0 Å². The maximum absolute atomic E-state index is 11.6. The largest absolute Gasteiger partial charge is 0.493 e. The van der Waals surface area contributed by atoms with Gasteiger partial charge < -0.3 is 9.47 Å². The number of thioether (sulfide) groups is 1. The lowest BCUT2D eigenvalue weighted by molar-refractivity contribution is -0.479. The quantitative estimate of drug-likeness (QED) is 0.116. The van der Waals surface area contributed by atoms with Crippen LogP contribution in [0.3, 0.4) is 0 Å². The molecule has 11 heteroatoms. The van der Waals surface area contributed by atoms with Crippen LogP contribution in [-0.2, 0) is 6.61 Å². The van der Waals surface area contributed by atoms with Crippen molar-refractivity contribution in [3.63, 3.8) is 0 Å². The van der Waals surface area contributed by atoms with Crippen LogP contribution in [-0.4, -0.2) is 33.3 Å². The van der Waals surface area contributed by atoms with Crippen LogP contribution in [0.4, 0.5) is 0 Å². The zero-order valence-corrected chi connectivity index (χ0v) is 22.6. The molecule has 8 nitrogen and oxygen atoms in total. The van der Waals surface area contributed by atoms with Crippen molar-refractivity contribution in [1.82, 2.24) is 14.8 Å². The molecule has 0 aliphatic rings. The van der Waals surface area contributed by atoms with Crippen molar-refractivity contribution in [3.05, 3.63) is 103 Å². The molecule has 0 bridgehead atoms. The second-order valence-electron chi connectivity index (χ2n) is 7.77. The molecule has 0 saturated heterocycles. The van der Waals surface area contributed by atoms with E-state index >= 15 is 0 Å². The predicted molar refractivity (Wildman–Crippen MR) is 143 cm³/mol. The number of benzene rings is 3. The number of rotatable bonds is 10. The average molecular weight is 590 g/mol. The summed E-state index contributed by atoms with van der Waals surface area (Å²) in [5, 5.41) is 20.7. The fourth-order valence-corrected chi connectivity index (χ4v) is 5.42. The van der Waals surface area contributed by atoms with E-state index in [1.807, 2.05) is 60.0 Å². The lowest BCUT2D eigenvalue weighted by atomic mass is 10.1. The number of nitrogens with zero attached hydrogens (tertiary/aromatic N) is 4. The zero-order chi connectivity index (χ0) is 25.7. The molecule has 3 aromatic carbocycles. The van der Waals surface area contributed by atoms with Crippen molar-refractivity contribution in [3.8, 4) is 17.2 Å². The molecule has 4 rings (SSSR count). The van der Waals surface area contributed by atoms with Crippen molar-refractivity contribution in [1.29, 1.82) is 0 Å². The minimum atomic E-state index is -0.554. The van der Waals surface area contributed by atoms with Crippen LogP contribution in [0.1, 0.15) is 22.2 Å². The smallest absolute Gasteiger partial charge is 0.220 e. The average Bonchev–Trinajstić information content (AvgIpc) is 3.23. The van der Waals surface area contributed by atoms with E-state index in [4.69, 9.17) is 21.1 Å².